The van der Waals surface area contributed by atoms with E-state index in [4.69, 9.17) is 0 Å². The Labute approximate surface area is 142 Å². The molecule has 0 spiro atoms. The van der Waals surface area contributed by atoms with Crippen LogP contribution < -0.4 is 4.68 Å². The first-order valence-corrected chi connectivity index (χ1v) is 8.17. The molecule has 0 saturated heterocycles. The van der Waals surface area contributed by atoms with E-state index < -0.39 is 0 Å². The van der Waals surface area contributed by atoms with Crippen LogP contribution in [-0.2, 0) is 6.42 Å². The lowest BCUT2D eigenvalue weighted by Crippen LogP contribution is -2.31. The summed E-state index contributed by atoms with van der Waals surface area (Å²) in [6.07, 6.45) is 9.55. The van der Waals surface area contributed by atoms with Crippen molar-refractivity contribution in [3.05, 3.63) is 90.0 Å². The molecule has 0 N–H and O–H groups in total. The normalized spacial score (nSPS) is 11.5. The molecule has 0 fully saturated rings. The van der Waals surface area contributed by atoms with Gasteiger partial charge in [0.25, 0.3) is 0 Å². The molecule has 0 amide bonds. The van der Waals surface area contributed by atoms with Crippen LogP contribution in [-0.4, -0.2) is 17.1 Å². The number of imidazole rings is 1. The van der Waals surface area contributed by atoms with Gasteiger partial charge in [-0.2, -0.15) is 0 Å². The van der Waals surface area contributed by atoms with E-state index >= 15 is 0 Å². The summed E-state index contributed by atoms with van der Waals surface area (Å²) in [5.74, 6) is 1.05. The van der Waals surface area contributed by atoms with Crippen LogP contribution in [0, 0.1) is 0 Å². The van der Waals surface area contributed by atoms with Crippen molar-refractivity contribution in [2.45, 2.75) is 19.8 Å². The molecule has 0 saturated carbocycles. The van der Waals surface area contributed by atoms with Gasteiger partial charge in [0.05, 0.1) is 18.9 Å². The van der Waals surface area contributed by atoms with Crippen LogP contribution in [0.15, 0.2) is 83.3 Å². The van der Waals surface area contributed by atoms with Crippen LogP contribution >= 0.6 is 0 Å². The van der Waals surface area contributed by atoms with Crippen LogP contribution in [0.2, 0.25) is 0 Å². The summed E-state index contributed by atoms with van der Waals surface area (Å²) in [5.41, 5.74) is 2.15. The smallest absolute Gasteiger partial charge is 0.103 e. The quantitative estimate of drug-likeness (QED) is 0.493. The van der Waals surface area contributed by atoms with Crippen LogP contribution in [0.3, 0.4) is 0 Å². The number of nitrogens with zero attached hydrogens (tertiary/aromatic N) is 4. The fourth-order valence-corrected chi connectivity index (χ4v) is 2.40. The predicted molar refractivity (Wildman–Crippen MR) is 97.5 cm³/mol. The van der Waals surface area contributed by atoms with Crippen molar-refractivity contribution in [3.8, 4) is 0 Å². The van der Waals surface area contributed by atoms with Crippen molar-refractivity contribution in [3.63, 3.8) is 0 Å². The lowest BCUT2D eigenvalue weighted by molar-refractivity contribution is -0.685. The number of hydrogen-bond donors (Lipinski definition) is 0. The highest BCUT2D eigenvalue weighted by Crippen LogP contribution is 2.02. The molecule has 0 aliphatic rings. The summed E-state index contributed by atoms with van der Waals surface area (Å²) in [4.78, 5) is 0. The maximum atomic E-state index is 4.57. The number of rotatable bonds is 6. The first-order chi connectivity index (χ1) is 11.9. The topological polar surface area (TPSA) is 33.5 Å². The van der Waals surface area contributed by atoms with E-state index in [9.17, 15) is 0 Å². The molecule has 0 atom stereocenters. The fraction of sp³-hybridized carbons (Fsp3) is 0.150. The van der Waals surface area contributed by atoms with Gasteiger partial charge in [-0.1, -0.05) is 77.8 Å². The van der Waals surface area contributed by atoms with Crippen molar-refractivity contribution in [2.24, 2.45) is 10.2 Å². The van der Waals surface area contributed by atoms with E-state index in [0.29, 0.717) is 0 Å². The summed E-state index contributed by atoms with van der Waals surface area (Å²) in [5, 5.41) is 9.14. The summed E-state index contributed by atoms with van der Waals surface area (Å²) in [7, 11) is 0. The van der Waals surface area contributed by atoms with Crippen molar-refractivity contribution < 1.29 is 4.68 Å². The van der Waals surface area contributed by atoms with Crippen molar-refractivity contribution in [1.29, 1.82) is 0 Å². The average molecular weight is 317 g/mol. The highest BCUT2D eigenvalue weighted by Gasteiger charge is 2.15. The molecule has 4 nitrogen and oxygen atoms in total. The van der Waals surface area contributed by atoms with Crippen molar-refractivity contribution in [1.82, 2.24) is 4.68 Å². The van der Waals surface area contributed by atoms with E-state index in [1.54, 1.807) is 0 Å². The highest BCUT2D eigenvalue weighted by molar-refractivity contribution is 5.79. The Balaban J connectivity index is 1.85. The molecule has 1 heterocycles. The molecule has 24 heavy (non-hydrogen) atoms. The minimum absolute atomic E-state index is 0.908. The Morgan fingerprint density at radius 1 is 0.917 bits per heavy atom. The maximum absolute atomic E-state index is 4.57. The van der Waals surface area contributed by atoms with Crippen LogP contribution in [0.4, 0.5) is 0 Å². The zero-order chi connectivity index (χ0) is 16.6. The van der Waals surface area contributed by atoms with Gasteiger partial charge in [0.2, 0.25) is 0 Å². The molecule has 3 aromatic rings. The molecule has 0 aliphatic carbocycles. The van der Waals surface area contributed by atoms with Crippen molar-refractivity contribution in [2.75, 3.05) is 0 Å². The molecule has 0 radical (unpaired) electrons. The van der Waals surface area contributed by atoms with E-state index in [2.05, 4.69) is 17.1 Å². The third kappa shape index (κ3) is 4.04. The third-order valence-electron chi connectivity index (χ3n) is 3.61. The molecular formula is C20H21N4+. The highest BCUT2D eigenvalue weighted by atomic mass is 15.5. The SMILES string of the molecule is CCCc1n(N=Cc2ccccc2)cc[n+]1N=Cc1ccccc1. The maximum Gasteiger partial charge on any atom is 0.307 e. The molecule has 120 valence electrons. The molecule has 0 unspecified atom stereocenters. The van der Waals surface area contributed by atoms with Gasteiger partial charge in [-0.25, -0.2) is 0 Å². The van der Waals surface area contributed by atoms with E-state index in [0.717, 1.165) is 29.8 Å². The standard InChI is InChI=1S/C20H21N4/c1-2-9-20-23(21-16-18-10-5-3-6-11-18)14-15-24(20)22-17-19-12-7-4-8-13-19/h3-8,10-17H,2,9H2,1H3/q+1. The largest absolute Gasteiger partial charge is 0.307 e. The van der Waals surface area contributed by atoms with Gasteiger partial charge in [0, 0.05) is 0 Å². The second-order valence-corrected chi connectivity index (χ2v) is 5.46. The lowest BCUT2D eigenvalue weighted by Gasteiger charge is -1.96. The van der Waals surface area contributed by atoms with Crippen molar-refractivity contribution >= 4 is 12.4 Å². The van der Waals surface area contributed by atoms with Crippen LogP contribution in [0.25, 0.3) is 0 Å². The third-order valence-corrected chi connectivity index (χ3v) is 3.61. The molecule has 4 heteroatoms. The fourth-order valence-electron chi connectivity index (χ4n) is 2.40. The Kier molecular flexibility index (Phi) is 5.30. The molecule has 0 aliphatic heterocycles. The lowest BCUT2D eigenvalue weighted by atomic mass is 10.2. The van der Waals surface area contributed by atoms with Crippen LogP contribution in [0.5, 0.6) is 0 Å². The first-order valence-electron chi connectivity index (χ1n) is 8.17. The summed E-state index contributed by atoms with van der Waals surface area (Å²) >= 11 is 0. The Hall–Kier alpha value is -3.01. The zero-order valence-electron chi connectivity index (χ0n) is 13.8. The zero-order valence-corrected chi connectivity index (χ0v) is 13.8. The Morgan fingerprint density at radius 3 is 2.17 bits per heavy atom. The van der Waals surface area contributed by atoms with Gasteiger partial charge in [-0.05, 0) is 17.5 Å². The van der Waals surface area contributed by atoms with Gasteiger partial charge >= 0.3 is 5.82 Å². The van der Waals surface area contributed by atoms with Gasteiger partial charge in [-0.3, -0.25) is 0 Å². The molecule has 1 aromatic heterocycles. The monoisotopic (exact) mass is 317 g/mol. The minimum atomic E-state index is 0.908. The van der Waals surface area contributed by atoms with Gasteiger partial charge in [-0.15, -0.1) is 9.35 Å². The average Bonchev–Trinajstić information content (AvgIpc) is 3.02. The number of hydrogen-bond acceptors (Lipinski definition) is 2. The van der Waals surface area contributed by atoms with Gasteiger partial charge < -0.3 is 0 Å². The van der Waals surface area contributed by atoms with Crippen LogP contribution in [0.1, 0.15) is 30.3 Å². The molecular weight excluding hydrogens is 296 g/mol. The second kappa shape index (κ2) is 8.02. The second-order valence-electron chi connectivity index (χ2n) is 5.46. The summed E-state index contributed by atoms with van der Waals surface area (Å²) in [6.45, 7) is 2.16. The van der Waals surface area contributed by atoms with E-state index in [-0.39, 0.29) is 0 Å². The van der Waals surface area contributed by atoms with E-state index in [1.807, 2.05) is 94.8 Å². The van der Waals surface area contributed by atoms with Gasteiger partial charge in [0.1, 0.15) is 0 Å². The first kappa shape index (κ1) is 15.9. The van der Waals surface area contributed by atoms with E-state index in [1.165, 1.54) is 0 Å². The predicted octanol–water partition coefficient (Wildman–Crippen LogP) is 3.49. The van der Waals surface area contributed by atoms with Gasteiger partial charge in [0.15, 0.2) is 12.4 Å². The molecule has 0 bridgehead atoms. The molecule has 3 rings (SSSR count). The summed E-state index contributed by atoms with van der Waals surface area (Å²) < 4.78 is 3.78. The summed E-state index contributed by atoms with van der Waals surface area (Å²) in [6, 6.07) is 20.2. The Morgan fingerprint density at radius 2 is 1.54 bits per heavy atom. The number of aromatic nitrogens is 2. The Bertz CT molecular complexity index is 750. The minimum Gasteiger partial charge on any atom is -0.103 e. The molecule has 2 aromatic carbocycles. The number of benzene rings is 2.